The van der Waals surface area contributed by atoms with Crippen LogP contribution in [0.5, 0.6) is 17.2 Å². The summed E-state index contributed by atoms with van der Waals surface area (Å²) in [5, 5.41) is 0. The predicted octanol–water partition coefficient (Wildman–Crippen LogP) is 2.67. The Kier molecular flexibility index (Phi) is 4.64. The van der Waals surface area contributed by atoms with E-state index in [-0.39, 0.29) is 0 Å². The number of rotatable bonds is 4. The molecular formula is C14H20O5. The third-order valence-electron chi connectivity index (χ3n) is 2.30. The van der Waals surface area contributed by atoms with Gasteiger partial charge in [-0.1, -0.05) is 0 Å². The molecule has 1 aromatic carbocycles. The third kappa shape index (κ3) is 3.77. The van der Waals surface area contributed by atoms with Crippen LogP contribution in [0.15, 0.2) is 12.1 Å². The lowest BCUT2D eigenvalue weighted by Gasteiger charge is -2.20. The van der Waals surface area contributed by atoms with E-state index in [0.717, 1.165) is 0 Å². The molecule has 0 amide bonds. The smallest absolute Gasteiger partial charge is 0.338 e. The van der Waals surface area contributed by atoms with Crippen molar-refractivity contribution in [1.82, 2.24) is 0 Å². The van der Waals surface area contributed by atoms with Gasteiger partial charge in [0.2, 0.25) is 5.75 Å². The lowest BCUT2D eigenvalue weighted by molar-refractivity contribution is 0.00687. The van der Waals surface area contributed by atoms with Gasteiger partial charge < -0.3 is 18.9 Å². The summed E-state index contributed by atoms with van der Waals surface area (Å²) in [6.07, 6.45) is 0. The van der Waals surface area contributed by atoms with Gasteiger partial charge in [0.05, 0.1) is 26.9 Å². The molecule has 0 spiro atoms. The zero-order valence-corrected chi connectivity index (χ0v) is 12.2. The molecule has 5 heteroatoms. The van der Waals surface area contributed by atoms with Crippen LogP contribution >= 0.6 is 0 Å². The molecule has 5 nitrogen and oxygen atoms in total. The highest BCUT2D eigenvalue weighted by molar-refractivity contribution is 5.91. The Hall–Kier alpha value is -1.91. The topological polar surface area (TPSA) is 54.0 Å². The molecule has 0 N–H and O–H groups in total. The van der Waals surface area contributed by atoms with Gasteiger partial charge in [-0.3, -0.25) is 0 Å². The molecule has 0 aliphatic heterocycles. The van der Waals surface area contributed by atoms with Crippen molar-refractivity contribution in [3.63, 3.8) is 0 Å². The van der Waals surface area contributed by atoms with E-state index in [1.807, 2.05) is 20.8 Å². The lowest BCUT2D eigenvalue weighted by atomic mass is 10.1. The quantitative estimate of drug-likeness (QED) is 0.786. The number of hydrogen-bond acceptors (Lipinski definition) is 5. The fourth-order valence-corrected chi connectivity index (χ4v) is 1.54. The molecule has 0 heterocycles. The van der Waals surface area contributed by atoms with Crippen molar-refractivity contribution in [2.75, 3.05) is 21.3 Å². The highest BCUT2D eigenvalue weighted by atomic mass is 16.6. The maximum absolute atomic E-state index is 12.0. The van der Waals surface area contributed by atoms with Crippen LogP contribution in [0.4, 0.5) is 0 Å². The van der Waals surface area contributed by atoms with Crippen molar-refractivity contribution in [3.05, 3.63) is 17.7 Å². The molecule has 0 atom stereocenters. The van der Waals surface area contributed by atoms with Gasteiger partial charge in [-0.25, -0.2) is 4.79 Å². The standard InChI is InChI=1S/C14H20O5/c1-14(2,3)19-13(15)9-7-10(16-4)12(18-6)11(8-9)17-5/h7-8H,1-6H3. The Balaban J connectivity index is 3.19. The first-order valence-electron chi connectivity index (χ1n) is 5.85. The highest BCUT2D eigenvalue weighted by Gasteiger charge is 2.21. The Morgan fingerprint density at radius 2 is 1.42 bits per heavy atom. The van der Waals surface area contributed by atoms with E-state index in [1.165, 1.54) is 21.3 Å². The number of ether oxygens (including phenoxy) is 4. The fraction of sp³-hybridized carbons (Fsp3) is 0.500. The summed E-state index contributed by atoms with van der Waals surface area (Å²) in [4.78, 5) is 12.0. The van der Waals surface area contributed by atoms with Crippen molar-refractivity contribution in [2.24, 2.45) is 0 Å². The molecule has 0 bridgehead atoms. The van der Waals surface area contributed by atoms with Crippen LogP contribution in [0.3, 0.4) is 0 Å². The van der Waals surface area contributed by atoms with Crippen molar-refractivity contribution < 1.29 is 23.7 Å². The van der Waals surface area contributed by atoms with Crippen LogP contribution in [0.2, 0.25) is 0 Å². The number of carbonyl (C=O) groups excluding carboxylic acids is 1. The number of carbonyl (C=O) groups is 1. The van der Waals surface area contributed by atoms with Crippen LogP contribution in [0.25, 0.3) is 0 Å². The van der Waals surface area contributed by atoms with Gasteiger partial charge >= 0.3 is 5.97 Å². The van der Waals surface area contributed by atoms with Gasteiger partial charge in [0.15, 0.2) is 11.5 Å². The number of benzene rings is 1. The second kappa shape index (κ2) is 5.82. The van der Waals surface area contributed by atoms with E-state index in [2.05, 4.69) is 0 Å². The minimum Gasteiger partial charge on any atom is -0.493 e. The van der Waals surface area contributed by atoms with E-state index in [1.54, 1.807) is 12.1 Å². The molecule has 0 saturated heterocycles. The van der Waals surface area contributed by atoms with E-state index >= 15 is 0 Å². The number of esters is 1. The molecule has 0 radical (unpaired) electrons. The molecule has 0 unspecified atom stereocenters. The SMILES string of the molecule is COc1cc(C(=O)OC(C)(C)C)cc(OC)c1OC. The Labute approximate surface area is 113 Å². The minimum atomic E-state index is -0.558. The summed E-state index contributed by atoms with van der Waals surface area (Å²) in [5.41, 5.74) is -0.207. The van der Waals surface area contributed by atoms with Crippen molar-refractivity contribution in [2.45, 2.75) is 26.4 Å². The average molecular weight is 268 g/mol. The zero-order valence-electron chi connectivity index (χ0n) is 12.2. The molecule has 0 aromatic heterocycles. The molecule has 1 aromatic rings. The highest BCUT2D eigenvalue weighted by Crippen LogP contribution is 2.38. The monoisotopic (exact) mass is 268 g/mol. The van der Waals surface area contributed by atoms with Crippen LogP contribution < -0.4 is 14.2 Å². The van der Waals surface area contributed by atoms with Gasteiger partial charge in [-0.2, -0.15) is 0 Å². The summed E-state index contributed by atoms with van der Waals surface area (Å²) in [5.74, 6) is 0.842. The van der Waals surface area contributed by atoms with Gasteiger partial charge in [-0.05, 0) is 32.9 Å². The third-order valence-corrected chi connectivity index (χ3v) is 2.30. The predicted molar refractivity (Wildman–Crippen MR) is 71.3 cm³/mol. The van der Waals surface area contributed by atoms with Gasteiger partial charge in [0.25, 0.3) is 0 Å². The molecule has 106 valence electrons. The first-order chi connectivity index (χ1) is 8.82. The molecule has 0 saturated carbocycles. The second-order valence-electron chi connectivity index (χ2n) is 4.92. The van der Waals surface area contributed by atoms with Gasteiger partial charge in [0, 0.05) is 0 Å². The Morgan fingerprint density at radius 3 is 1.74 bits per heavy atom. The van der Waals surface area contributed by atoms with Crippen molar-refractivity contribution in [1.29, 1.82) is 0 Å². The summed E-state index contributed by atoms with van der Waals surface area (Å²) >= 11 is 0. The minimum absolute atomic E-state index is 0.351. The van der Waals surface area contributed by atoms with E-state index < -0.39 is 11.6 Å². The first-order valence-corrected chi connectivity index (χ1v) is 5.85. The van der Waals surface area contributed by atoms with E-state index in [4.69, 9.17) is 18.9 Å². The summed E-state index contributed by atoms with van der Waals surface area (Å²) in [6, 6.07) is 3.13. The first kappa shape index (κ1) is 15.1. The summed E-state index contributed by atoms with van der Waals surface area (Å²) < 4.78 is 20.9. The van der Waals surface area contributed by atoms with Crippen LogP contribution in [-0.4, -0.2) is 32.9 Å². The fourth-order valence-electron chi connectivity index (χ4n) is 1.54. The van der Waals surface area contributed by atoms with E-state index in [9.17, 15) is 4.79 Å². The molecule has 19 heavy (non-hydrogen) atoms. The number of hydrogen-bond donors (Lipinski definition) is 0. The van der Waals surface area contributed by atoms with E-state index in [0.29, 0.717) is 22.8 Å². The van der Waals surface area contributed by atoms with Gasteiger partial charge in [0.1, 0.15) is 5.60 Å². The maximum atomic E-state index is 12.0. The normalized spacial score (nSPS) is 10.8. The molecule has 1 rings (SSSR count). The largest absolute Gasteiger partial charge is 0.493 e. The lowest BCUT2D eigenvalue weighted by Crippen LogP contribution is -2.24. The second-order valence-corrected chi connectivity index (χ2v) is 4.92. The van der Waals surface area contributed by atoms with Crippen LogP contribution in [0, 0.1) is 0 Å². The zero-order chi connectivity index (χ0) is 14.6. The summed E-state index contributed by atoms with van der Waals surface area (Å²) in [7, 11) is 4.50. The average Bonchev–Trinajstić information content (AvgIpc) is 2.34. The molecule has 0 aliphatic carbocycles. The Morgan fingerprint density at radius 1 is 0.947 bits per heavy atom. The van der Waals surface area contributed by atoms with Gasteiger partial charge in [-0.15, -0.1) is 0 Å². The summed E-state index contributed by atoms with van der Waals surface area (Å²) in [6.45, 7) is 5.43. The van der Waals surface area contributed by atoms with Crippen molar-refractivity contribution in [3.8, 4) is 17.2 Å². The Bertz CT molecular complexity index is 434. The van der Waals surface area contributed by atoms with Crippen LogP contribution in [0.1, 0.15) is 31.1 Å². The maximum Gasteiger partial charge on any atom is 0.338 e. The van der Waals surface area contributed by atoms with Crippen molar-refractivity contribution >= 4 is 5.97 Å². The number of methoxy groups -OCH3 is 3. The molecular weight excluding hydrogens is 248 g/mol. The molecule has 0 fully saturated rings. The molecule has 0 aliphatic rings. The van der Waals surface area contributed by atoms with Crippen LogP contribution in [-0.2, 0) is 4.74 Å².